The van der Waals surface area contributed by atoms with E-state index in [-0.39, 0.29) is 26.3 Å². The number of hydrogen-bond acceptors (Lipinski definition) is 5. The number of carbonyl (C=O) groups excluding carboxylic acids is 2. The molecule has 1 N–H and O–H groups in total. The predicted octanol–water partition coefficient (Wildman–Crippen LogP) is 6.92. The second kappa shape index (κ2) is 9.18. The summed E-state index contributed by atoms with van der Waals surface area (Å²) in [5, 5.41) is 3.91. The van der Waals surface area contributed by atoms with Gasteiger partial charge in [-0.05, 0) is 54.6 Å². The summed E-state index contributed by atoms with van der Waals surface area (Å²) < 4.78 is 0. The normalized spacial score (nSPS) is 13.9. The van der Waals surface area contributed by atoms with Crippen molar-refractivity contribution in [3.8, 4) is 0 Å². The van der Waals surface area contributed by atoms with E-state index in [9.17, 15) is 9.59 Å². The van der Waals surface area contributed by atoms with Crippen molar-refractivity contribution >= 4 is 82.4 Å². The first kappa shape index (κ1) is 22.1. The Morgan fingerprint density at radius 1 is 0.871 bits per heavy atom. The molecule has 0 spiro atoms. The van der Waals surface area contributed by atoms with E-state index in [0.717, 1.165) is 14.7 Å². The van der Waals surface area contributed by atoms with Gasteiger partial charge in [0.25, 0.3) is 11.8 Å². The highest BCUT2D eigenvalue weighted by Gasteiger charge is 2.41. The zero-order valence-electron chi connectivity index (χ0n) is 15.6. The fourth-order valence-electron chi connectivity index (χ4n) is 2.94. The number of benzene rings is 3. The Kier molecular flexibility index (Phi) is 6.55. The minimum Gasteiger partial charge on any atom is -0.350 e. The van der Waals surface area contributed by atoms with Gasteiger partial charge in [0.15, 0.2) is 0 Å². The third-order valence-corrected chi connectivity index (χ3v) is 6.80. The third kappa shape index (κ3) is 4.59. The van der Waals surface area contributed by atoms with Gasteiger partial charge in [0.2, 0.25) is 0 Å². The topological polar surface area (TPSA) is 49.4 Å². The molecule has 4 rings (SSSR count). The summed E-state index contributed by atoms with van der Waals surface area (Å²) in [4.78, 5) is 29.5. The summed E-state index contributed by atoms with van der Waals surface area (Å²) >= 11 is 24.0. The maximum Gasteiger partial charge on any atom is 0.283 e. The van der Waals surface area contributed by atoms with Crippen molar-refractivity contribution in [1.29, 1.82) is 0 Å². The number of amides is 2. The standard InChI is InChI=1S/C22H13Cl3N2O2S2/c23-12-3-1-4-13(11-12)26-19-20(31-15-9-7-14(30)8-10-15)22(29)27(21(19)28)17-6-2-5-16(24)18(17)25/h1-11,26,30H. The molecule has 1 aliphatic rings. The summed E-state index contributed by atoms with van der Waals surface area (Å²) in [5.41, 5.74) is 0.922. The molecule has 0 aromatic heterocycles. The number of imide groups is 1. The SMILES string of the molecule is O=C1C(Nc2cccc(Cl)c2)=C(Sc2ccc(S)cc2)C(=O)N1c1cccc(Cl)c1Cl. The van der Waals surface area contributed by atoms with Crippen molar-refractivity contribution < 1.29 is 9.59 Å². The van der Waals surface area contributed by atoms with Crippen LogP contribution >= 0.6 is 59.2 Å². The van der Waals surface area contributed by atoms with Crippen molar-refractivity contribution in [2.24, 2.45) is 0 Å². The first-order valence-corrected chi connectivity index (χ1v) is 11.3. The Balaban J connectivity index is 1.78. The van der Waals surface area contributed by atoms with Gasteiger partial charge in [-0.3, -0.25) is 9.59 Å². The molecule has 0 saturated heterocycles. The van der Waals surface area contributed by atoms with Gasteiger partial charge in [-0.1, -0.05) is 58.7 Å². The van der Waals surface area contributed by atoms with E-state index in [1.165, 1.54) is 11.8 Å². The number of rotatable bonds is 5. The van der Waals surface area contributed by atoms with Gasteiger partial charge in [-0.25, -0.2) is 4.90 Å². The molecule has 0 fully saturated rings. The van der Waals surface area contributed by atoms with E-state index >= 15 is 0 Å². The Morgan fingerprint density at radius 3 is 2.29 bits per heavy atom. The number of carbonyl (C=O) groups is 2. The molecule has 0 atom stereocenters. The van der Waals surface area contributed by atoms with E-state index in [4.69, 9.17) is 34.8 Å². The molecule has 3 aromatic carbocycles. The van der Waals surface area contributed by atoms with Crippen LogP contribution in [0.4, 0.5) is 11.4 Å². The van der Waals surface area contributed by atoms with Crippen LogP contribution in [0.1, 0.15) is 0 Å². The van der Waals surface area contributed by atoms with E-state index in [1.54, 1.807) is 42.5 Å². The van der Waals surface area contributed by atoms with Gasteiger partial charge in [0.05, 0.1) is 15.7 Å². The Hall–Kier alpha value is -2.09. The van der Waals surface area contributed by atoms with Crippen LogP contribution in [-0.4, -0.2) is 11.8 Å². The van der Waals surface area contributed by atoms with Crippen LogP contribution in [0.2, 0.25) is 15.1 Å². The smallest absolute Gasteiger partial charge is 0.283 e. The van der Waals surface area contributed by atoms with Gasteiger partial charge in [-0.2, -0.15) is 0 Å². The predicted molar refractivity (Wildman–Crippen MR) is 131 cm³/mol. The molecule has 2 amide bonds. The molecule has 3 aromatic rings. The van der Waals surface area contributed by atoms with Gasteiger partial charge in [0.1, 0.15) is 10.6 Å². The molecule has 1 aliphatic heterocycles. The van der Waals surface area contributed by atoms with E-state index in [0.29, 0.717) is 10.7 Å². The molecule has 1 heterocycles. The van der Waals surface area contributed by atoms with Crippen LogP contribution in [0.25, 0.3) is 0 Å². The van der Waals surface area contributed by atoms with Crippen LogP contribution in [0, 0.1) is 0 Å². The van der Waals surface area contributed by atoms with Crippen molar-refractivity contribution in [3.05, 3.63) is 92.4 Å². The van der Waals surface area contributed by atoms with Gasteiger partial charge < -0.3 is 5.32 Å². The number of nitrogens with one attached hydrogen (secondary N) is 1. The molecule has 31 heavy (non-hydrogen) atoms. The summed E-state index contributed by atoms with van der Waals surface area (Å²) in [7, 11) is 0. The Labute approximate surface area is 203 Å². The second-order valence-electron chi connectivity index (χ2n) is 6.45. The maximum atomic E-state index is 13.4. The highest BCUT2D eigenvalue weighted by molar-refractivity contribution is 8.04. The van der Waals surface area contributed by atoms with Gasteiger partial charge in [0, 0.05) is 20.5 Å². The number of thioether (sulfide) groups is 1. The summed E-state index contributed by atoms with van der Waals surface area (Å²) in [5.74, 6) is -1.04. The number of nitrogens with zero attached hydrogens (tertiary/aromatic N) is 1. The summed E-state index contributed by atoms with van der Waals surface area (Å²) in [6.07, 6.45) is 0. The number of thiol groups is 1. The van der Waals surface area contributed by atoms with Crippen molar-refractivity contribution in [3.63, 3.8) is 0 Å². The molecule has 4 nitrogen and oxygen atoms in total. The maximum absolute atomic E-state index is 13.4. The molecular weight excluding hydrogens is 495 g/mol. The lowest BCUT2D eigenvalue weighted by atomic mass is 10.3. The molecule has 156 valence electrons. The number of anilines is 2. The molecule has 9 heteroatoms. The van der Waals surface area contributed by atoms with Crippen LogP contribution in [0.15, 0.2) is 87.1 Å². The molecular formula is C22H13Cl3N2O2S2. The molecule has 0 saturated carbocycles. The van der Waals surface area contributed by atoms with E-state index < -0.39 is 11.8 Å². The lowest BCUT2D eigenvalue weighted by Gasteiger charge is -2.17. The van der Waals surface area contributed by atoms with Crippen LogP contribution in [-0.2, 0) is 9.59 Å². The van der Waals surface area contributed by atoms with Gasteiger partial charge in [-0.15, -0.1) is 12.6 Å². The van der Waals surface area contributed by atoms with Crippen LogP contribution in [0.3, 0.4) is 0 Å². The zero-order valence-corrected chi connectivity index (χ0v) is 19.6. The monoisotopic (exact) mass is 506 g/mol. The Morgan fingerprint density at radius 2 is 1.58 bits per heavy atom. The van der Waals surface area contributed by atoms with Crippen LogP contribution in [0.5, 0.6) is 0 Å². The van der Waals surface area contributed by atoms with E-state index in [1.807, 2.05) is 24.3 Å². The lowest BCUT2D eigenvalue weighted by molar-refractivity contribution is -0.120. The molecule has 0 radical (unpaired) electrons. The highest BCUT2D eigenvalue weighted by Crippen LogP contribution is 2.41. The Bertz CT molecular complexity index is 1230. The minimum atomic E-state index is -0.539. The number of halogens is 3. The average Bonchev–Trinajstić information content (AvgIpc) is 2.96. The summed E-state index contributed by atoms with van der Waals surface area (Å²) in [6.45, 7) is 0. The largest absolute Gasteiger partial charge is 0.350 e. The fraction of sp³-hybridized carbons (Fsp3) is 0. The second-order valence-corrected chi connectivity index (χ2v) is 9.28. The minimum absolute atomic E-state index is 0.124. The van der Waals surface area contributed by atoms with E-state index in [2.05, 4.69) is 17.9 Å². The molecule has 0 bridgehead atoms. The molecule has 0 unspecified atom stereocenters. The first-order valence-electron chi connectivity index (χ1n) is 8.91. The van der Waals surface area contributed by atoms with Crippen molar-refractivity contribution in [2.45, 2.75) is 9.79 Å². The highest BCUT2D eigenvalue weighted by atomic mass is 35.5. The van der Waals surface area contributed by atoms with Crippen LogP contribution < -0.4 is 10.2 Å². The first-order chi connectivity index (χ1) is 14.8. The zero-order chi connectivity index (χ0) is 22.1. The van der Waals surface area contributed by atoms with Crippen molar-refractivity contribution in [2.75, 3.05) is 10.2 Å². The molecule has 0 aliphatic carbocycles. The lowest BCUT2D eigenvalue weighted by Crippen LogP contribution is -2.32. The van der Waals surface area contributed by atoms with Crippen molar-refractivity contribution in [1.82, 2.24) is 0 Å². The van der Waals surface area contributed by atoms with Gasteiger partial charge >= 0.3 is 0 Å². The number of hydrogen-bond donors (Lipinski definition) is 2. The average molecular weight is 508 g/mol. The summed E-state index contributed by atoms with van der Waals surface area (Å²) in [6, 6.07) is 18.9. The third-order valence-electron chi connectivity index (χ3n) is 4.36. The quantitative estimate of drug-likeness (QED) is 0.290. The fourth-order valence-corrected chi connectivity index (χ4v) is 4.59.